The molecule has 0 fully saturated rings. The van der Waals surface area contributed by atoms with Crippen molar-refractivity contribution in [2.24, 2.45) is 0 Å². The molecule has 1 heterocycles. The molecule has 0 saturated heterocycles. The van der Waals surface area contributed by atoms with Crippen LogP contribution in [0.15, 0.2) is 71.6 Å². The molecular weight excluding hydrogens is 370 g/mol. The zero-order valence-electron chi connectivity index (χ0n) is 12.6. The summed E-state index contributed by atoms with van der Waals surface area (Å²) in [5, 5.41) is 2.71. The van der Waals surface area contributed by atoms with Crippen molar-refractivity contribution in [1.82, 2.24) is 9.97 Å². The van der Waals surface area contributed by atoms with Crippen LogP contribution < -0.4 is 10.1 Å². The Balaban J connectivity index is 1.79. The van der Waals surface area contributed by atoms with Crippen molar-refractivity contribution in [2.45, 2.75) is 6.61 Å². The van der Waals surface area contributed by atoms with Crippen molar-refractivity contribution in [1.29, 1.82) is 0 Å². The number of hydrogen-bond donors (Lipinski definition) is 1. The second-order valence-electron chi connectivity index (χ2n) is 4.96. The maximum Gasteiger partial charge on any atom is 0.260 e. The number of benzene rings is 2. The zero-order chi connectivity index (χ0) is 16.8. The second kappa shape index (κ2) is 7.70. The topological polar surface area (TPSA) is 64.1 Å². The van der Waals surface area contributed by atoms with E-state index in [0.29, 0.717) is 23.7 Å². The summed E-state index contributed by atoms with van der Waals surface area (Å²) in [6, 6.07) is 15.1. The molecule has 0 atom stereocenters. The first kappa shape index (κ1) is 16.1. The van der Waals surface area contributed by atoms with Crippen molar-refractivity contribution >= 4 is 27.7 Å². The molecule has 0 aliphatic rings. The van der Waals surface area contributed by atoms with Gasteiger partial charge in [0.2, 0.25) is 0 Å². The molecule has 1 aromatic heterocycles. The molecule has 0 radical (unpaired) electrons. The van der Waals surface area contributed by atoms with Crippen LogP contribution in [0.2, 0.25) is 0 Å². The summed E-state index contributed by atoms with van der Waals surface area (Å²) in [5.74, 6) is 0.583. The normalized spacial score (nSPS) is 10.2. The number of carbonyl (C=O) groups is 1. The molecule has 3 rings (SSSR count). The van der Waals surface area contributed by atoms with Gasteiger partial charge in [-0.05, 0) is 23.8 Å². The fourth-order valence-electron chi connectivity index (χ4n) is 2.09. The minimum atomic E-state index is -0.306. The Kier molecular flexibility index (Phi) is 5.18. The molecule has 0 spiro atoms. The van der Waals surface area contributed by atoms with Crippen LogP contribution in [0.3, 0.4) is 0 Å². The number of ether oxygens (including phenoxy) is 1. The lowest BCUT2D eigenvalue weighted by Gasteiger charge is -2.12. The first-order valence-electron chi connectivity index (χ1n) is 7.26. The van der Waals surface area contributed by atoms with Gasteiger partial charge in [0, 0.05) is 16.9 Å². The third-order valence-corrected chi connectivity index (χ3v) is 3.72. The summed E-state index contributed by atoms with van der Waals surface area (Å²) in [4.78, 5) is 20.5. The van der Waals surface area contributed by atoms with Crippen molar-refractivity contribution in [2.75, 3.05) is 5.32 Å². The van der Waals surface area contributed by atoms with Gasteiger partial charge in [0.05, 0.1) is 11.8 Å². The number of hydrogen-bond acceptors (Lipinski definition) is 4. The lowest BCUT2D eigenvalue weighted by molar-refractivity contribution is 0.102. The van der Waals surface area contributed by atoms with E-state index in [4.69, 9.17) is 4.74 Å². The standard InChI is InChI=1S/C18H14BrN3O2/c19-14-6-7-16(24-12-13-4-2-1-3-5-13)15(10-14)18(23)22-17-11-20-8-9-21-17/h1-11H,12H2,(H,21,22,23). The fraction of sp³-hybridized carbons (Fsp3) is 0.0556. The lowest BCUT2D eigenvalue weighted by Crippen LogP contribution is -2.14. The van der Waals surface area contributed by atoms with E-state index in [2.05, 4.69) is 31.2 Å². The molecule has 0 aliphatic carbocycles. The number of halogens is 1. The van der Waals surface area contributed by atoms with Gasteiger partial charge in [0.25, 0.3) is 5.91 Å². The molecule has 1 N–H and O–H groups in total. The zero-order valence-corrected chi connectivity index (χ0v) is 14.2. The predicted octanol–water partition coefficient (Wildman–Crippen LogP) is 4.07. The third-order valence-electron chi connectivity index (χ3n) is 3.23. The number of amides is 1. The van der Waals surface area contributed by atoms with Gasteiger partial charge >= 0.3 is 0 Å². The van der Waals surface area contributed by atoms with E-state index in [-0.39, 0.29) is 5.91 Å². The maximum absolute atomic E-state index is 12.5. The summed E-state index contributed by atoms with van der Waals surface area (Å²) >= 11 is 3.38. The van der Waals surface area contributed by atoms with Crippen molar-refractivity contribution in [3.8, 4) is 5.75 Å². The quantitative estimate of drug-likeness (QED) is 0.720. The van der Waals surface area contributed by atoms with Gasteiger partial charge in [0.15, 0.2) is 5.82 Å². The molecule has 0 aliphatic heterocycles. The summed E-state index contributed by atoms with van der Waals surface area (Å²) in [7, 11) is 0. The summed E-state index contributed by atoms with van der Waals surface area (Å²) in [6.07, 6.45) is 4.55. The Bertz CT molecular complexity index is 826. The smallest absolute Gasteiger partial charge is 0.260 e. The number of aromatic nitrogens is 2. The molecular formula is C18H14BrN3O2. The minimum Gasteiger partial charge on any atom is -0.488 e. The monoisotopic (exact) mass is 383 g/mol. The van der Waals surface area contributed by atoms with Crippen LogP contribution in [-0.4, -0.2) is 15.9 Å². The van der Waals surface area contributed by atoms with Gasteiger partial charge in [-0.25, -0.2) is 4.98 Å². The molecule has 5 nitrogen and oxygen atoms in total. The van der Waals surface area contributed by atoms with Crippen LogP contribution in [0.25, 0.3) is 0 Å². The Labute approximate surface area is 147 Å². The predicted molar refractivity (Wildman–Crippen MR) is 94.9 cm³/mol. The third kappa shape index (κ3) is 4.17. The number of nitrogens with zero attached hydrogens (tertiary/aromatic N) is 2. The molecule has 1 amide bonds. The van der Waals surface area contributed by atoms with E-state index >= 15 is 0 Å². The Morgan fingerprint density at radius 1 is 1.12 bits per heavy atom. The molecule has 3 aromatic rings. The number of nitrogens with one attached hydrogen (secondary N) is 1. The Morgan fingerprint density at radius 2 is 1.96 bits per heavy atom. The van der Waals surface area contributed by atoms with Crippen LogP contribution in [-0.2, 0) is 6.61 Å². The minimum absolute atomic E-state index is 0.306. The van der Waals surface area contributed by atoms with Gasteiger partial charge in [-0.1, -0.05) is 46.3 Å². The van der Waals surface area contributed by atoms with E-state index in [1.807, 2.05) is 36.4 Å². The van der Waals surface area contributed by atoms with Crippen LogP contribution >= 0.6 is 15.9 Å². The molecule has 0 unspecified atom stereocenters. The van der Waals surface area contributed by atoms with Gasteiger partial charge in [-0.3, -0.25) is 9.78 Å². The van der Waals surface area contributed by atoms with Crippen molar-refractivity contribution in [3.05, 3.63) is 82.7 Å². The van der Waals surface area contributed by atoms with Gasteiger partial charge < -0.3 is 10.1 Å². The summed E-state index contributed by atoms with van der Waals surface area (Å²) in [5.41, 5.74) is 1.45. The SMILES string of the molecule is O=C(Nc1cnccn1)c1cc(Br)ccc1OCc1ccccc1. The Hall–Kier alpha value is -2.73. The highest BCUT2D eigenvalue weighted by molar-refractivity contribution is 9.10. The summed E-state index contributed by atoms with van der Waals surface area (Å²) < 4.78 is 6.61. The van der Waals surface area contributed by atoms with Crippen LogP contribution in [0.4, 0.5) is 5.82 Å². The first-order valence-corrected chi connectivity index (χ1v) is 8.05. The highest BCUT2D eigenvalue weighted by Gasteiger charge is 2.14. The largest absolute Gasteiger partial charge is 0.488 e. The summed E-state index contributed by atoms with van der Waals surface area (Å²) in [6.45, 7) is 0.383. The van der Waals surface area contributed by atoms with Gasteiger partial charge in [-0.2, -0.15) is 0 Å². The van der Waals surface area contributed by atoms with Crippen LogP contribution in [0, 0.1) is 0 Å². The van der Waals surface area contributed by atoms with E-state index < -0.39 is 0 Å². The first-order chi connectivity index (χ1) is 11.7. The molecule has 6 heteroatoms. The number of carbonyl (C=O) groups excluding carboxylic acids is 1. The highest BCUT2D eigenvalue weighted by Crippen LogP contribution is 2.25. The molecule has 2 aromatic carbocycles. The Morgan fingerprint density at radius 3 is 2.71 bits per heavy atom. The second-order valence-corrected chi connectivity index (χ2v) is 5.88. The van der Waals surface area contributed by atoms with E-state index in [0.717, 1.165) is 10.0 Å². The molecule has 0 bridgehead atoms. The van der Waals surface area contributed by atoms with Crippen LogP contribution in [0.5, 0.6) is 5.75 Å². The molecule has 24 heavy (non-hydrogen) atoms. The lowest BCUT2D eigenvalue weighted by atomic mass is 10.2. The van der Waals surface area contributed by atoms with E-state index in [1.165, 1.54) is 12.4 Å². The van der Waals surface area contributed by atoms with E-state index in [1.54, 1.807) is 18.3 Å². The highest BCUT2D eigenvalue weighted by atomic mass is 79.9. The fourth-order valence-corrected chi connectivity index (χ4v) is 2.45. The van der Waals surface area contributed by atoms with Gasteiger partial charge in [0.1, 0.15) is 12.4 Å². The van der Waals surface area contributed by atoms with E-state index in [9.17, 15) is 4.79 Å². The van der Waals surface area contributed by atoms with Crippen LogP contribution in [0.1, 0.15) is 15.9 Å². The molecule has 0 saturated carbocycles. The number of anilines is 1. The average Bonchev–Trinajstić information content (AvgIpc) is 2.62. The number of rotatable bonds is 5. The van der Waals surface area contributed by atoms with Gasteiger partial charge in [-0.15, -0.1) is 0 Å². The van der Waals surface area contributed by atoms with Crippen molar-refractivity contribution in [3.63, 3.8) is 0 Å². The van der Waals surface area contributed by atoms with Crippen molar-refractivity contribution < 1.29 is 9.53 Å². The average molecular weight is 384 g/mol. The maximum atomic E-state index is 12.5. The molecule has 120 valence electrons.